The molecule has 0 amide bonds. The summed E-state index contributed by atoms with van der Waals surface area (Å²) in [5.41, 5.74) is 12.2. The molecule has 0 unspecified atom stereocenters. The van der Waals surface area contributed by atoms with Crippen LogP contribution in [0, 0.1) is 0 Å². The molecule has 0 radical (unpaired) electrons. The van der Waals surface area contributed by atoms with Crippen LogP contribution in [0.15, 0.2) is 132 Å². The van der Waals surface area contributed by atoms with Gasteiger partial charge in [0.25, 0.3) is 0 Å². The molecule has 2 aromatic heterocycles. The molecule has 0 aliphatic heterocycles. The number of furan rings is 1. The number of para-hydroxylation sites is 2. The summed E-state index contributed by atoms with van der Waals surface area (Å²) in [5, 5.41) is 6.28. The van der Waals surface area contributed by atoms with Crippen molar-refractivity contribution in [2.24, 2.45) is 0 Å². The summed E-state index contributed by atoms with van der Waals surface area (Å²) < 4.78 is 8.84. The average molecular weight is 512 g/mol. The van der Waals surface area contributed by atoms with Gasteiger partial charge in [-0.15, -0.1) is 0 Å². The first kappa shape index (κ1) is 21.8. The maximum absolute atomic E-state index is 6.34. The van der Waals surface area contributed by atoms with Crippen LogP contribution in [0.1, 0.15) is 11.3 Å². The second kappa shape index (κ2) is 8.21. The van der Waals surface area contributed by atoms with E-state index in [2.05, 4.69) is 120 Å². The first-order valence-electron chi connectivity index (χ1n) is 14.0. The number of rotatable bonds is 2. The van der Waals surface area contributed by atoms with Crippen molar-refractivity contribution in [3.63, 3.8) is 0 Å². The van der Waals surface area contributed by atoms with Crippen molar-refractivity contribution in [3.05, 3.63) is 139 Å². The van der Waals surface area contributed by atoms with Gasteiger partial charge in [-0.3, -0.25) is 0 Å². The van der Waals surface area contributed by atoms with Crippen molar-refractivity contribution in [2.75, 3.05) is 0 Å². The van der Waals surface area contributed by atoms with Crippen LogP contribution in [-0.4, -0.2) is 4.57 Å². The van der Waals surface area contributed by atoms with E-state index in [1.54, 1.807) is 0 Å². The van der Waals surface area contributed by atoms with Gasteiger partial charge in [-0.1, -0.05) is 103 Å². The van der Waals surface area contributed by atoms with Gasteiger partial charge < -0.3 is 8.98 Å². The van der Waals surface area contributed by atoms with Gasteiger partial charge in [0.15, 0.2) is 0 Å². The molecule has 40 heavy (non-hydrogen) atoms. The van der Waals surface area contributed by atoms with Crippen LogP contribution in [0.25, 0.3) is 71.6 Å². The van der Waals surface area contributed by atoms with Crippen molar-refractivity contribution < 1.29 is 4.42 Å². The molecule has 0 saturated carbocycles. The molecule has 0 spiro atoms. The minimum atomic E-state index is 0.930. The Balaban J connectivity index is 1.27. The summed E-state index contributed by atoms with van der Waals surface area (Å²) in [5.74, 6) is 0. The summed E-state index contributed by atoms with van der Waals surface area (Å²) in [6, 6.07) is 46.1. The lowest BCUT2D eigenvalue weighted by Gasteiger charge is -2.19. The molecule has 1 aliphatic carbocycles. The van der Waals surface area contributed by atoms with E-state index < -0.39 is 0 Å². The molecule has 0 N–H and O–H groups in total. The Kier molecular flexibility index (Phi) is 4.48. The van der Waals surface area contributed by atoms with Crippen LogP contribution in [0.3, 0.4) is 0 Å². The van der Waals surface area contributed by atoms with Crippen molar-refractivity contribution in [1.29, 1.82) is 0 Å². The van der Waals surface area contributed by atoms with E-state index in [1.807, 2.05) is 12.1 Å². The van der Waals surface area contributed by atoms with Crippen LogP contribution in [0.5, 0.6) is 0 Å². The Hall–Kier alpha value is -5.08. The topological polar surface area (TPSA) is 18.1 Å². The van der Waals surface area contributed by atoms with E-state index in [4.69, 9.17) is 4.42 Å². The van der Waals surface area contributed by atoms with Gasteiger partial charge in [0.2, 0.25) is 0 Å². The fourth-order valence-corrected chi connectivity index (χ4v) is 6.93. The Morgan fingerprint density at radius 2 is 1.30 bits per heavy atom. The molecular weight excluding hydrogens is 486 g/mol. The Bertz CT molecular complexity index is 2260. The molecule has 6 aromatic carbocycles. The highest BCUT2D eigenvalue weighted by Gasteiger charge is 2.26. The number of nitrogens with zero attached hydrogens (tertiary/aromatic N) is 1. The third-order valence-corrected chi connectivity index (χ3v) is 8.72. The Morgan fingerprint density at radius 3 is 2.23 bits per heavy atom. The van der Waals surface area contributed by atoms with Crippen LogP contribution in [0.2, 0.25) is 0 Å². The zero-order valence-electron chi connectivity index (χ0n) is 21.9. The molecule has 0 atom stereocenters. The number of hydrogen-bond acceptors (Lipinski definition) is 1. The second-order valence-corrected chi connectivity index (χ2v) is 10.8. The number of hydrogen-bond donors (Lipinski definition) is 0. The molecule has 8 aromatic rings. The zero-order valence-corrected chi connectivity index (χ0v) is 21.9. The molecule has 2 heteroatoms. The molecule has 0 bridgehead atoms. The smallest absolute Gasteiger partial charge is 0.143 e. The van der Waals surface area contributed by atoms with Crippen molar-refractivity contribution in [3.8, 4) is 27.9 Å². The van der Waals surface area contributed by atoms with Crippen LogP contribution < -0.4 is 0 Å². The lowest BCUT2D eigenvalue weighted by atomic mass is 9.87. The predicted octanol–water partition coefficient (Wildman–Crippen LogP) is 10.1. The Morgan fingerprint density at radius 1 is 0.550 bits per heavy atom. The average Bonchev–Trinajstić information content (AvgIpc) is 3.57. The third-order valence-electron chi connectivity index (χ3n) is 8.72. The van der Waals surface area contributed by atoms with Crippen molar-refractivity contribution >= 4 is 43.6 Å². The molecular formula is C38H25NO. The first-order valence-corrected chi connectivity index (χ1v) is 14.0. The Labute approximate surface area is 231 Å². The fraction of sp³-hybridized carbons (Fsp3) is 0.0526. The molecule has 0 saturated heterocycles. The van der Waals surface area contributed by atoms with Gasteiger partial charge in [0.1, 0.15) is 11.2 Å². The van der Waals surface area contributed by atoms with Crippen LogP contribution >= 0.6 is 0 Å². The number of aromatic nitrogens is 1. The van der Waals surface area contributed by atoms with Gasteiger partial charge in [-0.25, -0.2) is 0 Å². The lowest BCUT2D eigenvalue weighted by Crippen LogP contribution is -2.08. The number of aryl methyl sites for hydroxylation is 1. The minimum Gasteiger partial charge on any atom is -0.455 e. The fourth-order valence-electron chi connectivity index (χ4n) is 6.93. The highest BCUT2D eigenvalue weighted by molar-refractivity contribution is 6.16. The van der Waals surface area contributed by atoms with Gasteiger partial charge in [-0.05, 0) is 64.6 Å². The minimum absolute atomic E-state index is 0.930. The van der Waals surface area contributed by atoms with E-state index in [0.29, 0.717) is 0 Å². The van der Waals surface area contributed by atoms with Gasteiger partial charge in [-0.2, -0.15) is 0 Å². The highest BCUT2D eigenvalue weighted by Crippen LogP contribution is 2.45. The standard InChI is InChI=1S/C38H25NO/c1-3-10-28-24(8-1)18-22-33-36(28)37-29-11-4-2-9-25(29)19-23-34(37)39(33)27-20-16-26(17-21-27)30-13-7-14-32-31-12-5-6-15-35(31)40-38(30)32/h1-18,20-22H,19,23H2. The van der Waals surface area contributed by atoms with Crippen LogP contribution in [0.4, 0.5) is 0 Å². The monoisotopic (exact) mass is 511 g/mol. The number of benzene rings is 6. The summed E-state index contributed by atoms with van der Waals surface area (Å²) >= 11 is 0. The summed E-state index contributed by atoms with van der Waals surface area (Å²) in [7, 11) is 0. The molecule has 1 aliphatic rings. The summed E-state index contributed by atoms with van der Waals surface area (Å²) in [6.07, 6.45) is 2.08. The van der Waals surface area contributed by atoms with Gasteiger partial charge >= 0.3 is 0 Å². The predicted molar refractivity (Wildman–Crippen MR) is 166 cm³/mol. The lowest BCUT2D eigenvalue weighted by molar-refractivity contribution is 0.670. The zero-order chi connectivity index (χ0) is 26.2. The van der Waals surface area contributed by atoms with Gasteiger partial charge in [0, 0.05) is 38.7 Å². The second-order valence-electron chi connectivity index (χ2n) is 10.8. The number of fused-ring (bicyclic) bond motifs is 10. The van der Waals surface area contributed by atoms with Gasteiger partial charge in [0.05, 0.1) is 5.52 Å². The quantitative estimate of drug-likeness (QED) is 0.226. The van der Waals surface area contributed by atoms with E-state index in [0.717, 1.165) is 45.9 Å². The molecule has 2 heterocycles. The SMILES string of the molecule is c1ccc2c(c1)CCc1c-2c2c3ccccc3ccc2n1-c1ccc(-c2cccc3c2oc2ccccc23)cc1. The van der Waals surface area contributed by atoms with E-state index in [9.17, 15) is 0 Å². The van der Waals surface area contributed by atoms with Crippen molar-refractivity contribution in [1.82, 2.24) is 4.57 Å². The molecule has 9 rings (SSSR count). The van der Waals surface area contributed by atoms with Crippen molar-refractivity contribution in [2.45, 2.75) is 12.8 Å². The summed E-state index contributed by atoms with van der Waals surface area (Å²) in [4.78, 5) is 0. The highest BCUT2D eigenvalue weighted by atomic mass is 16.3. The third kappa shape index (κ3) is 2.99. The maximum atomic E-state index is 6.34. The largest absolute Gasteiger partial charge is 0.455 e. The first-order chi connectivity index (χ1) is 19.8. The normalized spacial score (nSPS) is 12.8. The maximum Gasteiger partial charge on any atom is 0.143 e. The van der Waals surface area contributed by atoms with E-state index in [-0.39, 0.29) is 0 Å². The molecule has 2 nitrogen and oxygen atoms in total. The van der Waals surface area contributed by atoms with E-state index >= 15 is 0 Å². The molecule has 188 valence electrons. The molecule has 0 fully saturated rings. The van der Waals surface area contributed by atoms with Crippen LogP contribution in [-0.2, 0) is 12.8 Å². The van der Waals surface area contributed by atoms with E-state index in [1.165, 1.54) is 49.7 Å². The summed E-state index contributed by atoms with van der Waals surface area (Å²) in [6.45, 7) is 0.